The van der Waals surface area contributed by atoms with E-state index >= 15 is 0 Å². The highest BCUT2D eigenvalue weighted by molar-refractivity contribution is 7.10. The Balaban J connectivity index is 0.00000220. The first-order valence-corrected chi connectivity index (χ1v) is 8.34. The third kappa shape index (κ3) is 6.18. The minimum absolute atomic E-state index is 0. The Kier molecular flexibility index (Phi) is 10.5. The van der Waals surface area contributed by atoms with E-state index < -0.39 is 0 Å². The van der Waals surface area contributed by atoms with E-state index in [1.54, 1.807) is 16.7 Å². The van der Waals surface area contributed by atoms with E-state index in [1.807, 2.05) is 5.38 Å². The summed E-state index contributed by atoms with van der Waals surface area (Å²) in [6, 6.07) is 0. The highest BCUT2D eigenvalue weighted by atomic mass is 35.5. The van der Waals surface area contributed by atoms with Gasteiger partial charge in [0.25, 0.3) is 5.91 Å². The van der Waals surface area contributed by atoms with Gasteiger partial charge in [-0.3, -0.25) is 4.79 Å². The maximum Gasteiger partial charge on any atom is 0.270 e. The van der Waals surface area contributed by atoms with E-state index in [0.717, 1.165) is 35.0 Å². The molecule has 0 atom stereocenters. The van der Waals surface area contributed by atoms with E-state index in [0.29, 0.717) is 18.8 Å². The lowest BCUT2D eigenvalue weighted by atomic mass is 10.3. The Labute approximate surface area is 150 Å². The highest BCUT2D eigenvalue weighted by Crippen LogP contribution is 2.11. The molecule has 0 aromatic carbocycles. The molecule has 2 aromatic heterocycles. The van der Waals surface area contributed by atoms with Crippen LogP contribution >= 0.6 is 47.5 Å². The average Bonchev–Trinajstić information content (AvgIpc) is 3.08. The zero-order chi connectivity index (χ0) is 14.4. The van der Waals surface area contributed by atoms with Crippen LogP contribution in [0.3, 0.4) is 0 Å². The molecule has 2 heterocycles. The van der Waals surface area contributed by atoms with Crippen molar-refractivity contribution in [3.63, 3.8) is 0 Å². The number of nitrogens with two attached hydrogens (primary N) is 1. The molecule has 2 rings (SSSR count). The fraction of sp³-hybridized carbons (Fsp3) is 0.462. The Hall–Kier alpha value is -0.730. The second-order valence-electron chi connectivity index (χ2n) is 4.26. The standard InChI is InChI=1S/C13H18N4OS2.2ClH/c1-2-11-16-9(7-19-11)4-6-15-13(18)10-8-20-12(17-10)3-5-14;;/h7-8H,2-6,14H2,1H3,(H,15,18);2*1H. The van der Waals surface area contributed by atoms with Crippen molar-refractivity contribution in [2.24, 2.45) is 5.73 Å². The van der Waals surface area contributed by atoms with Crippen LogP contribution in [-0.4, -0.2) is 29.0 Å². The van der Waals surface area contributed by atoms with E-state index in [-0.39, 0.29) is 30.7 Å². The van der Waals surface area contributed by atoms with Crippen LogP contribution in [0.15, 0.2) is 10.8 Å². The van der Waals surface area contributed by atoms with Gasteiger partial charge in [0, 0.05) is 30.1 Å². The Morgan fingerprint density at radius 2 is 1.91 bits per heavy atom. The van der Waals surface area contributed by atoms with Crippen LogP contribution in [0.5, 0.6) is 0 Å². The molecule has 0 bridgehead atoms. The van der Waals surface area contributed by atoms with E-state index in [9.17, 15) is 4.79 Å². The number of nitrogens with one attached hydrogen (secondary N) is 1. The van der Waals surface area contributed by atoms with E-state index in [1.165, 1.54) is 11.3 Å². The minimum Gasteiger partial charge on any atom is -0.350 e. The maximum atomic E-state index is 11.9. The summed E-state index contributed by atoms with van der Waals surface area (Å²) in [6.45, 7) is 3.22. The first-order valence-electron chi connectivity index (χ1n) is 6.59. The molecule has 0 aliphatic heterocycles. The van der Waals surface area contributed by atoms with Crippen molar-refractivity contribution < 1.29 is 4.79 Å². The van der Waals surface area contributed by atoms with Gasteiger partial charge in [0.15, 0.2) is 0 Å². The number of amides is 1. The summed E-state index contributed by atoms with van der Waals surface area (Å²) < 4.78 is 0. The third-order valence-electron chi connectivity index (χ3n) is 2.71. The molecule has 9 heteroatoms. The van der Waals surface area contributed by atoms with Gasteiger partial charge >= 0.3 is 0 Å². The number of hydrogen-bond donors (Lipinski definition) is 2. The summed E-state index contributed by atoms with van der Waals surface area (Å²) >= 11 is 3.14. The minimum atomic E-state index is -0.129. The number of nitrogens with zero attached hydrogens (tertiary/aromatic N) is 2. The molecule has 0 saturated heterocycles. The van der Waals surface area contributed by atoms with Crippen molar-refractivity contribution in [1.82, 2.24) is 15.3 Å². The number of carbonyl (C=O) groups excluding carboxylic acids is 1. The number of halogens is 2. The van der Waals surface area contributed by atoms with Crippen molar-refractivity contribution in [1.29, 1.82) is 0 Å². The SMILES string of the molecule is CCc1nc(CCNC(=O)c2csc(CCN)n2)cs1.Cl.Cl. The largest absolute Gasteiger partial charge is 0.350 e. The average molecular weight is 383 g/mol. The Bertz CT molecular complexity index is 574. The van der Waals surface area contributed by atoms with Crippen LogP contribution in [0.25, 0.3) is 0 Å². The number of carbonyl (C=O) groups is 1. The summed E-state index contributed by atoms with van der Waals surface area (Å²) in [7, 11) is 0. The predicted octanol–water partition coefficient (Wildman–Crippen LogP) is 2.48. The van der Waals surface area contributed by atoms with Crippen LogP contribution in [0.4, 0.5) is 0 Å². The molecule has 0 spiro atoms. The number of thiazole rings is 2. The fourth-order valence-corrected chi connectivity index (χ4v) is 3.25. The van der Waals surface area contributed by atoms with Gasteiger partial charge in [-0.15, -0.1) is 47.5 Å². The van der Waals surface area contributed by atoms with Gasteiger partial charge in [-0.25, -0.2) is 9.97 Å². The molecule has 0 fully saturated rings. The van der Waals surface area contributed by atoms with Gasteiger partial charge in [0.05, 0.1) is 15.7 Å². The molecule has 0 saturated carbocycles. The summed E-state index contributed by atoms with van der Waals surface area (Å²) in [5, 5.41) is 8.74. The third-order valence-corrected chi connectivity index (χ3v) is 4.66. The molecular weight excluding hydrogens is 363 g/mol. The second kappa shape index (κ2) is 10.9. The fourth-order valence-electron chi connectivity index (χ4n) is 1.67. The van der Waals surface area contributed by atoms with Crippen molar-refractivity contribution in [2.75, 3.05) is 13.1 Å². The molecule has 2 aromatic rings. The van der Waals surface area contributed by atoms with Gasteiger partial charge in [-0.05, 0) is 13.0 Å². The van der Waals surface area contributed by atoms with Gasteiger partial charge < -0.3 is 11.1 Å². The smallest absolute Gasteiger partial charge is 0.270 e. The number of hydrogen-bond acceptors (Lipinski definition) is 6. The van der Waals surface area contributed by atoms with E-state index in [4.69, 9.17) is 5.73 Å². The zero-order valence-electron chi connectivity index (χ0n) is 12.2. The second-order valence-corrected chi connectivity index (χ2v) is 6.14. The molecule has 1 amide bonds. The van der Waals surface area contributed by atoms with Crippen LogP contribution in [0.1, 0.15) is 33.1 Å². The molecule has 124 valence electrons. The highest BCUT2D eigenvalue weighted by Gasteiger charge is 2.10. The quantitative estimate of drug-likeness (QED) is 0.770. The Morgan fingerprint density at radius 3 is 2.55 bits per heavy atom. The van der Waals surface area contributed by atoms with Crippen LogP contribution in [0, 0.1) is 0 Å². The molecule has 22 heavy (non-hydrogen) atoms. The molecule has 0 radical (unpaired) electrons. The van der Waals surface area contributed by atoms with Gasteiger partial charge in [0.1, 0.15) is 5.69 Å². The van der Waals surface area contributed by atoms with Crippen LogP contribution in [-0.2, 0) is 19.3 Å². The van der Waals surface area contributed by atoms with Gasteiger partial charge in [-0.2, -0.15) is 0 Å². The summed E-state index contributed by atoms with van der Waals surface area (Å²) in [4.78, 5) is 20.6. The van der Waals surface area contributed by atoms with E-state index in [2.05, 4.69) is 22.2 Å². The van der Waals surface area contributed by atoms with Crippen molar-refractivity contribution in [3.8, 4) is 0 Å². The van der Waals surface area contributed by atoms with Crippen LogP contribution in [0.2, 0.25) is 0 Å². The lowest BCUT2D eigenvalue weighted by molar-refractivity contribution is 0.0949. The first kappa shape index (κ1) is 21.3. The summed E-state index contributed by atoms with van der Waals surface area (Å²) in [5.41, 5.74) is 6.98. The molecule has 0 unspecified atom stereocenters. The molecular formula is C13H20Cl2N4OS2. The molecule has 5 nitrogen and oxygen atoms in total. The van der Waals surface area contributed by atoms with Gasteiger partial charge in [0.2, 0.25) is 0 Å². The Morgan fingerprint density at radius 1 is 1.18 bits per heavy atom. The first-order chi connectivity index (χ1) is 9.72. The summed E-state index contributed by atoms with van der Waals surface area (Å²) in [6.07, 6.45) is 2.43. The lowest BCUT2D eigenvalue weighted by Gasteiger charge is -2.01. The molecule has 3 N–H and O–H groups in total. The van der Waals surface area contributed by atoms with Gasteiger partial charge in [-0.1, -0.05) is 6.92 Å². The summed E-state index contributed by atoms with van der Waals surface area (Å²) in [5.74, 6) is -0.129. The van der Waals surface area contributed by atoms with Crippen molar-refractivity contribution in [2.45, 2.75) is 26.2 Å². The lowest BCUT2D eigenvalue weighted by Crippen LogP contribution is -2.26. The zero-order valence-corrected chi connectivity index (χ0v) is 15.5. The van der Waals surface area contributed by atoms with Crippen LogP contribution < -0.4 is 11.1 Å². The van der Waals surface area contributed by atoms with Crippen molar-refractivity contribution in [3.05, 3.63) is 32.2 Å². The van der Waals surface area contributed by atoms with Crippen molar-refractivity contribution >= 4 is 53.4 Å². The maximum absolute atomic E-state index is 11.9. The molecule has 0 aliphatic carbocycles. The number of aromatic nitrogens is 2. The number of aryl methyl sites for hydroxylation is 1. The molecule has 0 aliphatic rings. The predicted molar refractivity (Wildman–Crippen MR) is 96.9 cm³/mol. The topological polar surface area (TPSA) is 80.9 Å². The normalized spacial score (nSPS) is 9.73. The number of rotatable bonds is 7. The monoisotopic (exact) mass is 382 g/mol.